The van der Waals surface area contributed by atoms with Gasteiger partial charge in [0.15, 0.2) is 4.77 Å². The van der Waals surface area contributed by atoms with Gasteiger partial charge in [0.1, 0.15) is 5.82 Å². The average Bonchev–Trinajstić information content (AvgIpc) is 2.78. The Labute approximate surface area is 143 Å². The second-order valence-electron chi connectivity index (χ2n) is 4.88. The molecule has 2 rings (SSSR count). The first kappa shape index (κ1) is 17.0. The summed E-state index contributed by atoms with van der Waals surface area (Å²) in [4.78, 5) is 12.3. The number of aryl methyl sites for hydroxylation is 1. The van der Waals surface area contributed by atoms with Crippen molar-refractivity contribution in [3.05, 3.63) is 44.4 Å². The highest BCUT2D eigenvalue weighted by Gasteiger charge is 2.20. The second kappa shape index (κ2) is 7.26. The number of H-pyrrole nitrogens is 1. The van der Waals surface area contributed by atoms with E-state index in [1.807, 2.05) is 11.5 Å². The van der Waals surface area contributed by atoms with E-state index in [0.717, 1.165) is 5.82 Å². The van der Waals surface area contributed by atoms with Gasteiger partial charge in [0.25, 0.3) is 0 Å². The molecule has 0 saturated carbocycles. The summed E-state index contributed by atoms with van der Waals surface area (Å²) in [5, 5.41) is 10.6. The van der Waals surface area contributed by atoms with Crippen molar-refractivity contribution < 1.29 is 4.79 Å². The van der Waals surface area contributed by atoms with E-state index in [1.165, 1.54) is 0 Å². The van der Waals surface area contributed by atoms with Crippen molar-refractivity contribution in [3.8, 4) is 0 Å². The Hall–Kier alpha value is -1.37. The number of aromatic amines is 1. The lowest BCUT2D eigenvalue weighted by Crippen LogP contribution is -2.31. The predicted molar refractivity (Wildman–Crippen MR) is 90.0 cm³/mol. The summed E-state index contributed by atoms with van der Waals surface area (Å²) in [6, 6.07) is 5.20. The van der Waals surface area contributed by atoms with Crippen molar-refractivity contribution in [2.24, 2.45) is 0 Å². The van der Waals surface area contributed by atoms with Gasteiger partial charge >= 0.3 is 0 Å². The number of carbonyl (C=O) groups excluding carboxylic acids is 1. The van der Waals surface area contributed by atoms with Gasteiger partial charge in [-0.05, 0) is 38.2 Å². The minimum Gasteiger partial charge on any atom is -0.354 e. The molecule has 0 aliphatic heterocycles. The third-order valence-electron chi connectivity index (χ3n) is 3.41. The van der Waals surface area contributed by atoms with Gasteiger partial charge in [0, 0.05) is 28.7 Å². The Kier molecular flexibility index (Phi) is 5.61. The van der Waals surface area contributed by atoms with Gasteiger partial charge in [0.2, 0.25) is 5.91 Å². The fourth-order valence-corrected chi connectivity index (χ4v) is 3.15. The number of hydrogen-bond acceptors (Lipinski definition) is 3. The van der Waals surface area contributed by atoms with Crippen LogP contribution in [0.25, 0.3) is 0 Å². The van der Waals surface area contributed by atoms with Crippen LogP contribution in [0, 0.1) is 11.7 Å². The van der Waals surface area contributed by atoms with Gasteiger partial charge in [-0.25, -0.2) is 0 Å². The van der Waals surface area contributed by atoms with Gasteiger partial charge in [-0.15, -0.1) is 0 Å². The molecular formula is C14H16Cl2N4OS. The number of rotatable bonds is 5. The molecule has 0 saturated heterocycles. The van der Waals surface area contributed by atoms with Crippen LogP contribution >= 0.6 is 35.4 Å². The smallest absolute Gasteiger partial charge is 0.227 e. The molecule has 0 fully saturated rings. The fourth-order valence-electron chi connectivity index (χ4n) is 2.16. The summed E-state index contributed by atoms with van der Waals surface area (Å²) in [6.07, 6.45) is 0. The minimum atomic E-state index is -0.431. The predicted octanol–water partition coefficient (Wildman–Crippen LogP) is 3.48. The normalized spacial score (nSPS) is 12.2. The van der Waals surface area contributed by atoms with Crippen LogP contribution < -0.4 is 5.32 Å². The molecule has 1 aromatic heterocycles. The number of benzene rings is 1. The SMILES string of the molecule is Cc1n[nH]c(=S)n1CCNC(=O)C(C)c1c(Cl)cccc1Cl. The van der Waals surface area contributed by atoms with E-state index in [-0.39, 0.29) is 5.91 Å². The molecule has 0 aliphatic carbocycles. The Morgan fingerprint density at radius 3 is 2.64 bits per heavy atom. The fraction of sp³-hybridized carbons (Fsp3) is 0.357. The summed E-state index contributed by atoms with van der Waals surface area (Å²) in [5.41, 5.74) is 0.638. The third kappa shape index (κ3) is 3.69. The molecule has 1 heterocycles. The molecule has 1 amide bonds. The number of nitrogens with zero attached hydrogens (tertiary/aromatic N) is 2. The first-order valence-corrected chi connectivity index (χ1v) is 7.91. The highest BCUT2D eigenvalue weighted by atomic mass is 35.5. The average molecular weight is 359 g/mol. The van der Waals surface area contributed by atoms with Crippen molar-refractivity contribution in [3.63, 3.8) is 0 Å². The number of amides is 1. The van der Waals surface area contributed by atoms with Gasteiger partial charge in [-0.3, -0.25) is 9.89 Å². The van der Waals surface area contributed by atoms with Gasteiger partial charge in [-0.1, -0.05) is 29.3 Å². The van der Waals surface area contributed by atoms with Gasteiger partial charge in [0.05, 0.1) is 5.92 Å². The van der Waals surface area contributed by atoms with E-state index in [2.05, 4.69) is 15.5 Å². The molecule has 2 aromatic rings. The zero-order valence-electron chi connectivity index (χ0n) is 12.2. The summed E-state index contributed by atoms with van der Waals surface area (Å²) in [6.45, 7) is 4.62. The van der Waals surface area contributed by atoms with Crippen molar-refractivity contribution in [2.75, 3.05) is 6.54 Å². The Balaban J connectivity index is 1.99. The number of hydrogen-bond donors (Lipinski definition) is 2. The maximum absolute atomic E-state index is 12.3. The van der Waals surface area contributed by atoms with Crippen LogP contribution in [-0.4, -0.2) is 27.2 Å². The number of aromatic nitrogens is 3. The van der Waals surface area contributed by atoms with Gasteiger partial charge in [-0.2, -0.15) is 5.10 Å². The van der Waals surface area contributed by atoms with Crippen LogP contribution in [0.4, 0.5) is 0 Å². The van der Waals surface area contributed by atoms with Crippen molar-refractivity contribution in [1.29, 1.82) is 0 Å². The monoisotopic (exact) mass is 358 g/mol. The first-order valence-electron chi connectivity index (χ1n) is 6.75. The summed E-state index contributed by atoms with van der Waals surface area (Å²) < 4.78 is 2.36. The molecule has 118 valence electrons. The Morgan fingerprint density at radius 1 is 1.45 bits per heavy atom. The van der Waals surface area contributed by atoms with E-state index in [4.69, 9.17) is 35.4 Å². The molecule has 1 atom stereocenters. The van der Waals surface area contributed by atoms with Crippen LogP contribution in [0.3, 0.4) is 0 Å². The Morgan fingerprint density at radius 2 is 2.09 bits per heavy atom. The van der Waals surface area contributed by atoms with Crippen LogP contribution in [-0.2, 0) is 11.3 Å². The van der Waals surface area contributed by atoms with Gasteiger partial charge < -0.3 is 9.88 Å². The van der Waals surface area contributed by atoms with Crippen molar-refractivity contribution >= 4 is 41.3 Å². The third-order valence-corrected chi connectivity index (χ3v) is 4.38. The standard InChI is InChI=1S/C14H16Cl2N4OS/c1-8(12-10(15)4-3-5-11(12)16)13(21)17-6-7-20-9(2)18-19-14(20)22/h3-5,8H,6-7H2,1-2H3,(H,17,21)(H,19,22). The molecule has 5 nitrogen and oxygen atoms in total. The van der Waals surface area contributed by atoms with E-state index >= 15 is 0 Å². The number of nitrogens with one attached hydrogen (secondary N) is 2. The highest BCUT2D eigenvalue weighted by Crippen LogP contribution is 2.31. The zero-order chi connectivity index (χ0) is 16.3. The van der Waals surface area contributed by atoms with E-state index in [9.17, 15) is 4.79 Å². The quantitative estimate of drug-likeness (QED) is 0.804. The molecule has 2 N–H and O–H groups in total. The van der Waals surface area contributed by atoms with Crippen LogP contribution in [0.2, 0.25) is 10.0 Å². The molecule has 1 unspecified atom stereocenters. The Bertz CT molecular complexity index is 720. The topological polar surface area (TPSA) is 62.7 Å². The largest absolute Gasteiger partial charge is 0.354 e. The van der Waals surface area contributed by atoms with E-state index in [0.29, 0.717) is 33.5 Å². The maximum Gasteiger partial charge on any atom is 0.227 e. The maximum atomic E-state index is 12.3. The molecule has 0 bridgehead atoms. The summed E-state index contributed by atoms with van der Waals surface area (Å²) >= 11 is 17.4. The first-order chi connectivity index (χ1) is 10.4. The van der Waals surface area contributed by atoms with E-state index < -0.39 is 5.92 Å². The lowest BCUT2D eigenvalue weighted by atomic mass is 10.0. The minimum absolute atomic E-state index is 0.136. The molecule has 0 radical (unpaired) electrons. The molecule has 8 heteroatoms. The second-order valence-corrected chi connectivity index (χ2v) is 6.08. The molecule has 0 aliphatic rings. The van der Waals surface area contributed by atoms with Crippen LogP contribution in [0.1, 0.15) is 24.2 Å². The van der Waals surface area contributed by atoms with E-state index in [1.54, 1.807) is 25.1 Å². The van der Waals surface area contributed by atoms with Crippen molar-refractivity contribution in [1.82, 2.24) is 20.1 Å². The zero-order valence-corrected chi connectivity index (χ0v) is 14.5. The van der Waals surface area contributed by atoms with Crippen LogP contribution in [0.5, 0.6) is 0 Å². The number of carbonyl (C=O) groups is 1. The molecular weight excluding hydrogens is 343 g/mol. The molecule has 22 heavy (non-hydrogen) atoms. The van der Waals surface area contributed by atoms with Crippen LogP contribution in [0.15, 0.2) is 18.2 Å². The van der Waals surface area contributed by atoms with Crippen molar-refractivity contribution in [2.45, 2.75) is 26.3 Å². The molecule has 0 spiro atoms. The lowest BCUT2D eigenvalue weighted by molar-refractivity contribution is -0.122. The summed E-state index contributed by atoms with van der Waals surface area (Å²) in [7, 11) is 0. The highest BCUT2D eigenvalue weighted by molar-refractivity contribution is 7.71. The summed E-state index contributed by atoms with van der Waals surface area (Å²) in [5.74, 6) is 0.212. The number of halogens is 2. The molecule has 1 aromatic carbocycles. The lowest BCUT2D eigenvalue weighted by Gasteiger charge is -2.15.